The molecule has 1 aromatic carbocycles. The molecule has 0 aliphatic rings. The molecule has 4 aromatic rings. The molecule has 3 heterocycles. The first-order chi connectivity index (χ1) is 13.5. The van der Waals surface area contributed by atoms with E-state index in [1.807, 2.05) is 53.9 Å². The number of anilines is 2. The van der Waals surface area contributed by atoms with Gasteiger partial charge < -0.3 is 16.2 Å². The van der Waals surface area contributed by atoms with Crippen molar-refractivity contribution >= 4 is 49.6 Å². The third kappa shape index (κ3) is 3.91. The number of hydrogen-bond acceptors (Lipinski definition) is 6. The number of hydrogen-bond donors (Lipinski definition) is 3. The van der Waals surface area contributed by atoms with Crippen LogP contribution in [-0.4, -0.2) is 22.1 Å². The van der Waals surface area contributed by atoms with Crippen molar-refractivity contribution in [3.8, 4) is 10.4 Å². The van der Waals surface area contributed by atoms with E-state index < -0.39 is 5.91 Å². The molecule has 1 atom stereocenters. The highest BCUT2D eigenvalue weighted by Crippen LogP contribution is 2.37. The monoisotopic (exact) mass is 409 g/mol. The molecule has 0 aliphatic heterocycles. The number of fused-ring (bicyclic) bond motifs is 1. The van der Waals surface area contributed by atoms with E-state index in [9.17, 15) is 9.90 Å². The summed E-state index contributed by atoms with van der Waals surface area (Å²) >= 11 is 3.04. The molecule has 142 valence electrons. The Balaban J connectivity index is 1.64. The van der Waals surface area contributed by atoms with Gasteiger partial charge in [0.15, 0.2) is 0 Å². The summed E-state index contributed by atoms with van der Waals surface area (Å²) in [5.41, 5.74) is 8.10. The Morgan fingerprint density at radius 3 is 2.71 bits per heavy atom. The van der Waals surface area contributed by atoms with Crippen molar-refractivity contribution in [3.63, 3.8) is 0 Å². The number of thiophene rings is 2. The van der Waals surface area contributed by atoms with Crippen LogP contribution in [0, 0.1) is 0 Å². The average Bonchev–Trinajstić information content (AvgIpc) is 3.28. The smallest absolute Gasteiger partial charge is 0.251 e. The number of pyridine rings is 1. The van der Waals surface area contributed by atoms with Gasteiger partial charge in [-0.2, -0.15) is 0 Å². The molecular formula is C21H19N3O2S2. The van der Waals surface area contributed by atoms with Gasteiger partial charge in [0.05, 0.1) is 11.7 Å². The molecule has 3 aromatic heterocycles. The molecule has 0 fully saturated rings. The molecule has 0 bridgehead atoms. The molecule has 0 radical (unpaired) electrons. The maximum absolute atomic E-state index is 11.9. The summed E-state index contributed by atoms with van der Waals surface area (Å²) in [5.74, 6) is 0.200. The SMILES string of the molecule is CC(O)Cc1ccc(-c2cc(C(N)=O)c(Nc3ccc4ccsc4n3)s2)cc1. The Morgan fingerprint density at radius 2 is 2.00 bits per heavy atom. The number of carbonyl (C=O) groups is 1. The van der Waals surface area contributed by atoms with Crippen LogP contribution in [0.5, 0.6) is 0 Å². The van der Waals surface area contributed by atoms with Crippen LogP contribution in [0.4, 0.5) is 10.8 Å². The van der Waals surface area contributed by atoms with Crippen molar-refractivity contribution < 1.29 is 9.90 Å². The second-order valence-corrected chi connectivity index (χ2v) is 8.55. The molecule has 0 spiro atoms. The van der Waals surface area contributed by atoms with Crippen LogP contribution in [0.3, 0.4) is 0 Å². The maximum atomic E-state index is 11.9. The minimum Gasteiger partial charge on any atom is -0.393 e. The number of primary amides is 1. The van der Waals surface area contributed by atoms with E-state index in [0.29, 0.717) is 22.8 Å². The summed E-state index contributed by atoms with van der Waals surface area (Å²) in [5, 5.41) is 16.5. The zero-order valence-electron chi connectivity index (χ0n) is 15.2. The van der Waals surface area contributed by atoms with E-state index in [4.69, 9.17) is 5.73 Å². The van der Waals surface area contributed by atoms with E-state index in [1.165, 1.54) is 11.3 Å². The largest absolute Gasteiger partial charge is 0.393 e. The summed E-state index contributed by atoms with van der Waals surface area (Å²) in [7, 11) is 0. The summed E-state index contributed by atoms with van der Waals surface area (Å²) < 4.78 is 0. The Hall–Kier alpha value is -2.74. The Labute approximate surface area is 170 Å². The van der Waals surface area contributed by atoms with Gasteiger partial charge in [0, 0.05) is 10.3 Å². The molecule has 28 heavy (non-hydrogen) atoms. The van der Waals surface area contributed by atoms with Gasteiger partial charge in [-0.3, -0.25) is 4.79 Å². The summed E-state index contributed by atoms with van der Waals surface area (Å²) in [6.45, 7) is 1.77. The number of nitrogens with two attached hydrogens (primary N) is 1. The summed E-state index contributed by atoms with van der Waals surface area (Å²) in [6.07, 6.45) is 0.235. The zero-order valence-corrected chi connectivity index (χ0v) is 16.8. The number of aliphatic hydroxyl groups is 1. The minimum atomic E-state index is -0.479. The second kappa shape index (κ2) is 7.71. The fraction of sp³-hybridized carbons (Fsp3) is 0.143. The normalized spacial score (nSPS) is 12.2. The van der Waals surface area contributed by atoms with E-state index in [-0.39, 0.29) is 6.10 Å². The first-order valence-corrected chi connectivity index (χ1v) is 10.5. The predicted molar refractivity (Wildman–Crippen MR) is 117 cm³/mol. The van der Waals surface area contributed by atoms with Gasteiger partial charge in [-0.15, -0.1) is 22.7 Å². The van der Waals surface area contributed by atoms with Gasteiger partial charge >= 0.3 is 0 Å². The lowest BCUT2D eigenvalue weighted by molar-refractivity contribution is 0.100. The van der Waals surface area contributed by atoms with Crippen LogP contribution in [0.25, 0.3) is 20.7 Å². The number of amides is 1. The standard InChI is InChI=1S/C21H19N3O2S2/c1-12(25)10-13-2-4-14(5-3-13)17-11-16(19(22)26)21(28-17)24-18-7-6-15-8-9-27-20(15)23-18/h2-9,11-12,25H,10H2,1H3,(H2,22,26)(H,23,24). The zero-order chi connectivity index (χ0) is 19.7. The Morgan fingerprint density at radius 1 is 1.21 bits per heavy atom. The molecule has 4 rings (SSSR count). The van der Waals surface area contributed by atoms with Crippen LogP contribution >= 0.6 is 22.7 Å². The number of nitrogens with zero attached hydrogens (tertiary/aromatic N) is 1. The molecule has 1 amide bonds. The molecule has 0 saturated carbocycles. The van der Waals surface area contributed by atoms with Gasteiger partial charge in [-0.25, -0.2) is 4.98 Å². The molecule has 0 aliphatic carbocycles. The highest BCUT2D eigenvalue weighted by Gasteiger charge is 2.16. The highest BCUT2D eigenvalue weighted by atomic mass is 32.1. The van der Waals surface area contributed by atoms with Crippen LogP contribution < -0.4 is 11.1 Å². The predicted octanol–water partition coefficient (Wildman–Crippen LogP) is 4.79. The highest BCUT2D eigenvalue weighted by molar-refractivity contribution is 7.20. The summed E-state index contributed by atoms with van der Waals surface area (Å²) in [6, 6.07) is 15.7. The number of aliphatic hydroxyl groups excluding tert-OH is 1. The fourth-order valence-corrected chi connectivity index (χ4v) is 4.83. The van der Waals surface area contributed by atoms with E-state index in [1.54, 1.807) is 18.3 Å². The van der Waals surface area contributed by atoms with Crippen LogP contribution in [0.15, 0.2) is 53.9 Å². The number of aromatic nitrogens is 1. The molecular weight excluding hydrogens is 390 g/mol. The average molecular weight is 410 g/mol. The van der Waals surface area contributed by atoms with Crippen molar-refractivity contribution in [2.24, 2.45) is 5.73 Å². The second-order valence-electron chi connectivity index (χ2n) is 6.60. The number of rotatable bonds is 6. The van der Waals surface area contributed by atoms with Gasteiger partial charge in [0.1, 0.15) is 15.6 Å². The van der Waals surface area contributed by atoms with Crippen molar-refractivity contribution in [1.82, 2.24) is 4.98 Å². The Bertz CT molecular complexity index is 1130. The third-order valence-electron chi connectivity index (χ3n) is 4.33. The first-order valence-electron chi connectivity index (χ1n) is 8.82. The molecule has 4 N–H and O–H groups in total. The van der Waals surface area contributed by atoms with Crippen molar-refractivity contribution in [2.45, 2.75) is 19.4 Å². The maximum Gasteiger partial charge on any atom is 0.251 e. The minimum absolute atomic E-state index is 0.377. The first kappa shape index (κ1) is 18.6. The van der Waals surface area contributed by atoms with Crippen LogP contribution in [-0.2, 0) is 6.42 Å². The van der Waals surface area contributed by atoms with Gasteiger partial charge in [-0.1, -0.05) is 24.3 Å². The van der Waals surface area contributed by atoms with Crippen LogP contribution in [0.2, 0.25) is 0 Å². The Kier molecular flexibility index (Phi) is 5.13. The molecule has 7 heteroatoms. The number of benzene rings is 1. The van der Waals surface area contributed by atoms with E-state index in [0.717, 1.165) is 26.2 Å². The third-order valence-corrected chi connectivity index (χ3v) is 6.25. The number of carbonyl (C=O) groups excluding carboxylic acids is 1. The molecule has 5 nitrogen and oxygen atoms in total. The van der Waals surface area contributed by atoms with Crippen molar-refractivity contribution in [1.29, 1.82) is 0 Å². The van der Waals surface area contributed by atoms with Gasteiger partial charge in [0.25, 0.3) is 5.91 Å². The lowest BCUT2D eigenvalue weighted by atomic mass is 10.1. The molecule has 0 saturated heterocycles. The van der Waals surface area contributed by atoms with E-state index >= 15 is 0 Å². The van der Waals surface area contributed by atoms with E-state index in [2.05, 4.69) is 10.3 Å². The lowest BCUT2D eigenvalue weighted by Gasteiger charge is -2.05. The van der Waals surface area contributed by atoms with Crippen molar-refractivity contribution in [2.75, 3.05) is 5.32 Å². The lowest BCUT2D eigenvalue weighted by Crippen LogP contribution is -2.11. The topological polar surface area (TPSA) is 88.2 Å². The quantitative estimate of drug-likeness (QED) is 0.427. The van der Waals surface area contributed by atoms with Crippen molar-refractivity contribution in [3.05, 3.63) is 65.0 Å². The van der Waals surface area contributed by atoms with Crippen LogP contribution in [0.1, 0.15) is 22.8 Å². The molecule has 1 unspecified atom stereocenters. The fourth-order valence-electron chi connectivity index (χ4n) is 2.99. The summed E-state index contributed by atoms with van der Waals surface area (Å²) in [4.78, 5) is 18.4. The number of nitrogens with one attached hydrogen (secondary N) is 1. The van der Waals surface area contributed by atoms with Gasteiger partial charge in [-0.05, 0) is 54.1 Å². The van der Waals surface area contributed by atoms with Gasteiger partial charge in [0.2, 0.25) is 0 Å².